The number of hydrogen-bond donors (Lipinski definition) is 1. The Labute approximate surface area is 117 Å². The first-order chi connectivity index (χ1) is 9.86. The molecule has 1 N–H and O–H groups in total. The fourth-order valence-electron chi connectivity index (χ4n) is 2.09. The van der Waals surface area contributed by atoms with Crippen LogP contribution in [0.2, 0.25) is 0 Å². The second-order valence-corrected chi connectivity index (χ2v) is 4.41. The van der Waals surface area contributed by atoms with Crippen LogP contribution in [0.4, 0.5) is 5.69 Å². The third-order valence-corrected chi connectivity index (χ3v) is 3.09. The van der Waals surface area contributed by atoms with E-state index in [9.17, 15) is 0 Å². The number of nitrogens with one attached hydrogen (secondary N) is 1. The van der Waals surface area contributed by atoms with Gasteiger partial charge in [0.05, 0.1) is 19.0 Å². The van der Waals surface area contributed by atoms with Gasteiger partial charge in [-0.2, -0.15) is 0 Å². The van der Waals surface area contributed by atoms with E-state index in [2.05, 4.69) is 10.3 Å². The van der Waals surface area contributed by atoms with Crippen molar-refractivity contribution in [3.8, 4) is 17.2 Å². The average Bonchev–Trinajstić information content (AvgIpc) is 2.53. The zero-order chi connectivity index (χ0) is 13.8. The molecule has 3 rings (SSSR count). The van der Waals surface area contributed by atoms with E-state index >= 15 is 0 Å². The molecule has 104 valence electrons. The molecule has 0 radical (unpaired) electrons. The Morgan fingerprint density at radius 2 is 2.05 bits per heavy atom. The van der Waals surface area contributed by atoms with Gasteiger partial charge in [-0.25, -0.2) is 0 Å². The highest BCUT2D eigenvalue weighted by Crippen LogP contribution is 2.31. The van der Waals surface area contributed by atoms with Crippen LogP contribution in [0.25, 0.3) is 0 Å². The van der Waals surface area contributed by atoms with Crippen molar-refractivity contribution in [1.82, 2.24) is 4.98 Å². The molecular weight excluding hydrogens is 256 g/mol. The molecule has 0 saturated carbocycles. The Bertz CT molecular complexity index is 601. The van der Waals surface area contributed by atoms with Crippen LogP contribution in [0.5, 0.6) is 17.2 Å². The van der Waals surface area contributed by atoms with Crippen LogP contribution in [0.1, 0.15) is 5.56 Å². The van der Waals surface area contributed by atoms with E-state index in [4.69, 9.17) is 14.2 Å². The van der Waals surface area contributed by atoms with Crippen molar-refractivity contribution in [1.29, 1.82) is 0 Å². The highest BCUT2D eigenvalue weighted by molar-refractivity contribution is 5.54. The van der Waals surface area contributed by atoms with Gasteiger partial charge in [-0.15, -0.1) is 0 Å². The van der Waals surface area contributed by atoms with Gasteiger partial charge in [0.25, 0.3) is 0 Å². The Balaban J connectivity index is 1.72. The average molecular weight is 272 g/mol. The summed E-state index contributed by atoms with van der Waals surface area (Å²) >= 11 is 0. The lowest BCUT2D eigenvalue weighted by Crippen LogP contribution is -2.15. The molecule has 0 amide bonds. The van der Waals surface area contributed by atoms with E-state index in [0.717, 1.165) is 28.5 Å². The summed E-state index contributed by atoms with van der Waals surface area (Å²) in [6, 6.07) is 7.77. The predicted octanol–water partition coefficient (Wildman–Crippen LogP) is 2.47. The molecule has 1 aromatic carbocycles. The molecule has 0 bridgehead atoms. The molecule has 0 spiro atoms. The Hall–Kier alpha value is -2.43. The zero-order valence-corrected chi connectivity index (χ0v) is 11.3. The summed E-state index contributed by atoms with van der Waals surface area (Å²) in [5, 5.41) is 3.30. The van der Waals surface area contributed by atoms with Gasteiger partial charge >= 0.3 is 0 Å². The maximum absolute atomic E-state index is 5.57. The van der Waals surface area contributed by atoms with Crippen molar-refractivity contribution in [2.24, 2.45) is 0 Å². The molecule has 1 aliphatic heterocycles. The van der Waals surface area contributed by atoms with E-state index in [1.807, 2.05) is 24.3 Å². The summed E-state index contributed by atoms with van der Waals surface area (Å²) in [6.07, 6.45) is 3.45. The maximum Gasteiger partial charge on any atom is 0.161 e. The minimum atomic E-state index is 0.598. The van der Waals surface area contributed by atoms with Gasteiger partial charge < -0.3 is 19.5 Å². The fraction of sp³-hybridized carbons (Fsp3) is 0.267. The molecule has 0 atom stereocenters. The number of methoxy groups -OCH3 is 1. The van der Waals surface area contributed by atoms with Crippen LogP contribution in [0.15, 0.2) is 36.7 Å². The lowest BCUT2D eigenvalue weighted by Gasteiger charge is -2.19. The highest BCUT2D eigenvalue weighted by atomic mass is 16.6. The Kier molecular flexibility index (Phi) is 3.58. The number of benzene rings is 1. The zero-order valence-electron chi connectivity index (χ0n) is 11.3. The van der Waals surface area contributed by atoms with Crippen LogP contribution in [-0.2, 0) is 6.54 Å². The third kappa shape index (κ3) is 2.61. The van der Waals surface area contributed by atoms with E-state index in [-0.39, 0.29) is 0 Å². The first-order valence-corrected chi connectivity index (χ1v) is 6.47. The summed E-state index contributed by atoms with van der Waals surface area (Å²) in [6.45, 7) is 1.87. The van der Waals surface area contributed by atoms with Gasteiger partial charge in [-0.1, -0.05) is 6.07 Å². The molecule has 5 heteroatoms. The topological polar surface area (TPSA) is 52.6 Å². The quantitative estimate of drug-likeness (QED) is 0.926. The first-order valence-electron chi connectivity index (χ1n) is 6.47. The molecule has 2 heterocycles. The van der Waals surface area contributed by atoms with Gasteiger partial charge in [0.2, 0.25) is 0 Å². The molecule has 20 heavy (non-hydrogen) atoms. The van der Waals surface area contributed by atoms with E-state index in [1.165, 1.54) is 0 Å². The van der Waals surface area contributed by atoms with Crippen LogP contribution >= 0.6 is 0 Å². The van der Waals surface area contributed by atoms with Gasteiger partial charge in [0, 0.05) is 18.8 Å². The van der Waals surface area contributed by atoms with E-state index in [0.29, 0.717) is 19.8 Å². The molecule has 1 aromatic heterocycles. The summed E-state index contributed by atoms with van der Waals surface area (Å²) in [5.74, 6) is 2.38. The summed E-state index contributed by atoms with van der Waals surface area (Å²) in [4.78, 5) is 4.09. The molecule has 5 nitrogen and oxygen atoms in total. The van der Waals surface area contributed by atoms with Crippen molar-refractivity contribution in [2.45, 2.75) is 6.54 Å². The number of nitrogens with zero attached hydrogens (tertiary/aromatic N) is 1. The largest absolute Gasteiger partial charge is 0.494 e. The van der Waals surface area contributed by atoms with Crippen LogP contribution in [-0.4, -0.2) is 25.3 Å². The smallest absolute Gasteiger partial charge is 0.161 e. The Morgan fingerprint density at radius 1 is 1.20 bits per heavy atom. The standard InChI is InChI=1S/C15H16N2O3/c1-18-13-4-5-16-10-12(13)17-9-11-2-3-14-15(8-11)20-7-6-19-14/h2-5,8,10,17H,6-7,9H2,1H3. The van der Waals surface area contributed by atoms with Crippen LogP contribution in [0.3, 0.4) is 0 Å². The number of aromatic nitrogens is 1. The molecule has 0 fully saturated rings. The summed E-state index contributed by atoms with van der Waals surface area (Å²) < 4.78 is 16.4. The minimum Gasteiger partial charge on any atom is -0.494 e. The number of fused-ring (bicyclic) bond motifs is 1. The van der Waals surface area contributed by atoms with E-state index < -0.39 is 0 Å². The number of hydrogen-bond acceptors (Lipinski definition) is 5. The predicted molar refractivity (Wildman–Crippen MR) is 75.5 cm³/mol. The molecular formula is C15H16N2O3. The van der Waals surface area contributed by atoms with Crippen molar-refractivity contribution in [3.63, 3.8) is 0 Å². The van der Waals surface area contributed by atoms with Gasteiger partial charge in [-0.3, -0.25) is 4.98 Å². The van der Waals surface area contributed by atoms with E-state index in [1.54, 1.807) is 19.5 Å². The number of ether oxygens (including phenoxy) is 3. The molecule has 0 aliphatic carbocycles. The monoisotopic (exact) mass is 272 g/mol. The second-order valence-electron chi connectivity index (χ2n) is 4.41. The fourth-order valence-corrected chi connectivity index (χ4v) is 2.09. The van der Waals surface area contributed by atoms with Crippen molar-refractivity contribution in [3.05, 3.63) is 42.2 Å². The SMILES string of the molecule is COc1ccncc1NCc1ccc2c(c1)OCCO2. The van der Waals surface area contributed by atoms with Crippen molar-refractivity contribution >= 4 is 5.69 Å². The maximum atomic E-state index is 5.57. The van der Waals surface area contributed by atoms with Crippen LogP contribution in [0, 0.1) is 0 Å². The lowest BCUT2D eigenvalue weighted by molar-refractivity contribution is 0.171. The molecule has 2 aromatic rings. The van der Waals surface area contributed by atoms with Crippen molar-refractivity contribution < 1.29 is 14.2 Å². The first kappa shape index (κ1) is 12.6. The summed E-state index contributed by atoms with van der Waals surface area (Å²) in [5.41, 5.74) is 1.98. The number of pyridine rings is 1. The van der Waals surface area contributed by atoms with Gasteiger partial charge in [0.1, 0.15) is 19.0 Å². The third-order valence-electron chi connectivity index (χ3n) is 3.09. The lowest BCUT2D eigenvalue weighted by atomic mass is 10.2. The number of anilines is 1. The normalized spacial score (nSPS) is 12.8. The molecule has 1 aliphatic rings. The highest BCUT2D eigenvalue weighted by Gasteiger charge is 2.11. The minimum absolute atomic E-state index is 0.598. The van der Waals surface area contributed by atoms with Gasteiger partial charge in [-0.05, 0) is 17.7 Å². The molecule has 0 unspecified atom stereocenters. The van der Waals surface area contributed by atoms with Gasteiger partial charge in [0.15, 0.2) is 11.5 Å². The number of rotatable bonds is 4. The van der Waals surface area contributed by atoms with Crippen molar-refractivity contribution in [2.75, 3.05) is 25.6 Å². The second kappa shape index (κ2) is 5.69. The Morgan fingerprint density at radius 3 is 2.90 bits per heavy atom. The van der Waals surface area contributed by atoms with Crippen LogP contribution < -0.4 is 19.5 Å². The summed E-state index contributed by atoms with van der Waals surface area (Å²) in [7, 11) is 1.64. The molecule has 0 saturated heterocycles.